The molecule has 2 aliphatic carbocycles. The highest BCUT2D eigenvalue weighted by Crippen LogP contribution is 2.55. The second-order valence-electron chi connectivity index (χ2n) is 7.83. The third-order valence-electron chi connectivity index (χ3n) is 5.55. The molecule has 1 aliphatic heterocycles. The molecular formula is C17H27NO4. The van der Waals surface area contributed by atoms with Gasteiger partial charge < -0.3 is 14.4 Å². The number of esters is 1. The minimum Gasteiger partial charge on any atom is -0.469 e. The number of ether oxygens (including phenoxy) is 2. The lowest BCUT2D eigenvalue weighted by Gasteiger charge is -2.52. The van der Waals surface area contributed by atoms with Crippen LogP contribution in [0.25, 0.3) is 0 Å². The number of amides is 1. The van der Waals surface area contributed by atoms with E-state index < -0.39 is 0 Å². The molecule has 2 saturated carbocycles. The zero-order valence-electron chi connectivity index (χ0n) is 13.9. The van der Waals surface area contributed by atoms with E-state index in [2.05, 4.69) is 18.6 Å². The quantitative estimate of drug-likeness (QED) is 0.750. The van der Waals surface area contributed by atoms with Gasteiger partial charge in [0.25, 0.3) is 0 Å². The number of methoxy groups -OCH3 is 1. The van der Waals surface area contributed by atoms with E-state index in [-0.39, 0.29) is 35.9 Å². The minimum absolute atomic E-state index is 0.0453. The van der Waals surface area contributed by atoms with Crippen molar-refractivity contribution in [2.45, 2.75) is 63.6 Å². The third-order valence-corrected chi connectivity index (χ3v) is 5.55. The van der Waals surface area contributed by atoms with Crippen LogP contribution in [-0.2, 0) is 19.1 Å². The van der Waals surface area contributed by atoms with Crippen molar-refractivity contribution in [2.24, 2.45) is 11.8 Å². The van der Waals surface area contributed by atoms with Crippen LogP contribution in [0.15, 0.2) is 0 Å². The summed E-state index contributed by atoms with van der Waals surface area (Å²) in [6.07, 6.45) is 5.26. The second kappa shape index (κ2) is 5.52. The minimum atomic E-state index is -0.324. The third kappa shape index (κ3) is 2.87. The maximum atomic E-state index is 12.5. The van der Waals surface area contributed by atoms with E-state index in [0.717, 1.165) is 12.3 Å². The lowest BCUT2D eigenvalue weighted by atomic mass is 9.81. The van der Waals surface area contributed by atoms with Crippen LogP contribution >= 0.6 is 0 Å². The van der Waals surface area contributed by atoms with Gasteiger partial charge in [-0.15, -0.1) is 0 Å². The molecule has 22 heavy (non-hydrogen) atoms. The van der Waals surface area contributed by atoms with Gasteiger partial charge >= 0.3 is 5.97 Å². The van der Waals surface area contributed by atoms with Gasteiger partial charge in [-0.3, -0.25) is 9.59 Å². The zero-order chi connectivity index (χ0) is 16.0. The lowest BCUT2D eigenvalue weighted by Crippen LogP contribution is -2.62. The van der Waals surface area contributed by atoms with Crippen molar-refractivity contribution < 1.29 is 19.1 Å². The number of fused-ring (bicyclic) bond motifs is 3. The molecule has 1 heterocycles. The van der Waals surface area contributed by atoms with E-state index in [1.165, 1.54) is 26.4 Å². The lowest BCUT2D eigenvalue weighted by molar-refractivity contribution is -0.217. The highest BCUT2D eigenvalue weighted by Gasteiger charge is 2.57. The Hall–Kier alpha value is -1.10. The van der Waals surface area contributed by atoms with Crippen molar-refractivity contribution in [3.8, 4) is 0 Å². The Bertz CT molecular complexity index is 475. The molecular weight excluding hydrogens is 282 g/mol. The Morgan fingerprint density at radius 2 is 2.00 bits per heavy atom. The van der Waals surface area contributed by atoms with E-state index in [4.69, 9.17) is 4.74 Å². The second-order valence-corrected chi connectivity index (χ2v) is 7.83. The summed E-state index contributed by atoms with van der Waals surface area (Å²) >= 11 is 0. The predicted octanol–water partition coefficient (Wildman–Crippen LogP) is 2.14. The Balaban J connectivity index is 1.69. The van der Waals surface area contributed by atoms with Crippen LogP contribution < -0.4 is 0 Å². The van der Waals surface area contributed by atoms with Gasteiger partial charge in [-0.2, -0.15) is 0 Å². The van der Waals surface area contributed by atoms with Crippen LogP contribution in [0, 0.1) is 11.8 Å². The summed E-state index contributed by atoms with van der Waals surface area (Å²) in [5.74, 6) is 1.08. The first-order valence-corrected chi connectivity index (χ1v) is 8.38. The fourth-order valence-corrected chi connectivity index (χ4v) is 4.81. The maximum absolute atomic E-state index is 12.5. The first-order chi connectivity index (χ1) is 10.3. The Morgan fingerprint density at radius 1 is 1.23 bits per heavy atom. The number of morpholine rings is 1. The van der Waals surface area contributed by atoms with Crippen molar-refractivity contribution in [3.05, 3.63) is 0 Å². The van der Waals surface area contributed by atoms with Gasteiger partial charge in [0.1, 0.15) is 0 Å². The van der Waals surface area contributed by atoms with Crippen LogP contribution in [0.3, 0.4) is 0 Å². The Morgan fingerprint density at radius 3 is 2.59 bits per heavy atom. The van der Waals surface area contributed by atoms with E-state index >= 15 is 0 Å². The summed E-state index contributed by atoms with van der Waals surface area (Å²) in [4.78, 5) is 25.7. The molecule has 5 heteroatoms. The van der Waals surface area contributed by atoms with E-state index in [1.807, 2.05) is 4.90 Å². The highest BCUT2D eigenvalue weighted by molar-refractivity contribution is 5.81. The normalized spacial score (nSPS) is 35.9. The molecule has 0 radical (unpaired) electrons. The van der Waals surface area contributed by atoms with Crippen LogP contribution in [0.1, 0.15) is 52.4 Å². The maximum Gasteiger partial charge on any atom is 0.306 e. The Labute approximate surface area is 132 Å². The molecule has 0 unspecified atom stereocenters. The van der Waals surface area contributed by atoms with Gasteiger partial charge in [-0.05, 0) is 51.4 Å². The van der Waals surface area contributed by atoms with E-state index in [9.17, 15) is 9.59 Å². The summed E-state index contributed by atoms with van der Waals surface area (Å²) in [7, 11) is 1.36. The molecule has 1 amide bonds. The number of hydrogen-bond acceptors (Lipinski definition) is 4. The fraction of sp³-hybridized carbons (Fsp3) is 0.882. The summed E-state index contributed by atoms with van der Waals surface area (Å²) in [5.41, 5.74) is -0.463. The van der Waals surface area contributed by atoms with Crippen LogP contribution in [0.5, 0.6) is 0 Å². The van der Waals surface area contributed by atoms with E-state index in [0.29, 0.717) is 19.0 Å². The summed E-state index contributed by atoms with van der Waals surface area (Å²) in [5, 5.41) is 0. The molecule has 3 atom stereocenters. The summed E-state index contributed by atoms with van der Waals surface area (Å²) in [6, 6.07) is 0. The van der Waals surface area contributed by atoms with Crippen molar-refractivity contribution in [2.75, 3.05) is 20.2 Å². The molecule has 3 fully saturated rings. The molecule has 5 nitrogen and oxygen atoms in total. The van der Waals surface area contributed by atoms with Crippen LogP contribution in [-0.4, -0.2) is 48.2 Å². The van der Waals surface area contributed by atoms with Gasteiger partial charge in [0.2, 0.25) is 5.91 Å². The topological polar surface area (TPSA) is 55.8 Å². The van der Waals surface area contributed by atoms with E-state index in [1.54, 1.807) is 0 Å². The first-order valence-electron chi connectivity index (χ1n) is 8.38. The predicted molar refractivity (Wildman–Crippen MR) is 81.2 cm³/mol. The number of hydrogen-bond donors (Lipinski definition) is 0. The number of nitrogens with zero attached hydrogens (tertiary/aromatic N) is 1. The standard InChI is InChI=1S/C17H27NO4/c1-16(2)10-18(14(19)6-7-15(20)21-3)11-17(22-16)9-12-4-5-13(17)8-12/h12-13H,4-11H2,1-3H3/t12-,13+,17+/m1/s1. The Kier molecular flexibility index (Phi) is 3.96. The molecule has 0 N–H and O–H groups in total. The smallest absolute Gasteiger partial charge is 0.306 e. The molecule has 1 spiro atoms. The molecule has 2 bridgehead atoms. The summed E-state index contributed by atoms with van der Waals surface area (Å²) < 4.78 is 11.1. The zero-order valence-corrected chi connectivity index (χ0v) is 13.9. The molecule has 3 aliphatic rings. The first kappa shape index (κ1) is 15.8. The highest BCUT2D eigenvalue weighted by atomic mass is 16.5. The van der Waals surface area contributed by atoms with Crippen molar-refractivity contribution in [1.29, 1.82) is 0 Å². The molecule has 0 aromatic heterocycles. The van der Waals surface area contributed by atoms with Crippen molar-refractivity contribution in [1.82, 2.24) is 4.90 Å². The fourth-order valence-electron chi connectivity index (χ4n) is 4.81. The largest absolute Gasteiger partial charge is 0.469 e. The number of carbonyl (C=O) groups is 2. The monoisotopic (exact) mass is 309 g/mol. The summed E-state index contributed by atoms with van der Waals surface area (Å²) in [6.45, 7) is 5.44. The van der Waals surface area contributed by atoms with Gasteiger partial charge in [-0.1, -0.05) is 0 Å². The van der Waals surface area contributed by atoms with Gasteiger partial charge in [0.15, 0.2) is 0 Å². The average Bonchev–Trinajstić information content (AvgIpc) is 3.02. The van der Waals surface area contributed by atoms with Gasteiger partial charge in [0, 0.05) is 13.0 Å². The molecule has 0 aromatic rings. The number of rotatable bonds is 3. The average molecular weight is 309 g/mol. The molecule has 3 rings (SSSR count). The van der Waals surface area contributed by atoms with Crippen molar-refractivity contribution >= 4 is 11.9 Å². The van der Waals surface area contributed by atoms with Crippen LogP contribution in [0.2, 0.25) is 0 Å². The van der Waals surface area contributed by atoms with Gasteiger partial charge in [-0.25, -0.2) is 0 Å². The van der Waals surface area contributed by atoms with Gasteiger partial charge in [0.05, 0.1) is 31.3 Å². The van der Waals surface area contributed by atoms with Crippen molar-refractivity contribution in [3.63, 3.8) is 0 Å². The van der Waals surface area contributed by atoms with Crippen LogP contribution in [0.4, 0.5) is 0 Å². The number of carbonyl (C=O) groups excluding carboxylic acids is 2. The SMILES string of the molecule is COC(=O)CCC(=O)N1CC(C)(C)O[C@@]2(C[C@@H]3CC[C@H]2C3)C1. The molecule has 0 aromatic carbocycles. The molecule has 124 valence electrons. The molecule has 1 saturated heterocycles.